The summed E-state index contributed by atoms with van der Waals surface area (Å²) < 4.78 is 32.0. The number of anilines is 1. The highest BCUT2D eigenvalue weighted by Gasteiger charge is 2.33. The fourth-order valence-corrected chi connectivity index (χ4v) is 3.84. The molecule has 3 rings (SSSR count). The molecule has 142 valence electrons. The molecule has 1 aliphatic rings. The van der Waals surface area contributed by atoms with Gasteiger partial charge in [-0.25, -0.2) is 8.42 Å². The Morgan fingerprint density at radius 3 is 2.69 bits per heavy atom. The molecule has 0 saturated carbocycles. The van der Waals surface area contributed by atoms with Crippen LogP contribution in [0.4, 0.5) is 5.69 Å². The van der Waals surface area contributed by atoms with Gasteiger partial charge >= 0.3 is 0 Å². The van der Waals surface area contributed by atoms with Gasteiger partial charge in [-0.1, -0.05) is 12.1 Å². The van der Waals surface area contributed by atoms with E-state index in [-0.39, 0.29) is 18.7 Å². The van der Waals surface area contributed by atoms with Crippen LogP contribution in [0.25, 0.3) is 0 Å². The molecule has 1 saturated heterocycles. The van der Waals surface area contributed by atoms with Gasteiger partial charge in [-0.05, 0) is 24.1 Å². The smallest absolute Gasteiger partial charge is 0.229 e. The first-order valence-corrected chi connectivity index (χ1v) is 10.3. The molecule has 1 aromatic carbocycles. The minimum atomic E-state index is -3.32. The summed E-state index contributed by atoms with van der Waals surface area (Å²) in [6, 6.07) is 8.00. The Balaban J connectivity index is 1.68. The van der Waals surface area contributed by atoms with E-state index in [1.54, 1.807) is 18.0 Å². The highest BCUT2D eigenvalue weighted by Crippen LogP contribution is 2.29. The van der Waals surface area contributed by atoms with Crippen LogP contribution >= 0.6 is 0 Å². The van der Waals surface area contributed by atoms with Crippen molar-refractivity contribution in [1.82, 2.24) is 14.7 Å². The molecule has 0 unspecified atom stereocenters. The normalized spacial score (nSPS) is 21.0. The average Bonchev–Trinajstić information content (AvgIpc) is 3.20. The highest BCUT2D eigenvalue weighted by molar-refractivity contribution is 7.92. The Morgan fingerprint density at radius 1 is 1.35 bits per heavy atom. The number of sulfonamides is 1. The Hall–Kier alpha value is -2.10. The molecular formula is C17H24N4O4S. The van der Waals surface area contributed by atoms with Crippen LogP contribution in [0.2, 0.25) is 0 Å². The monoisotopic (exact) mass is 380 g/mol. The first-order valence-electron chi connectivity index (χ1n) is 8.37. The predicted octanol–water partition coefficient (Wildman–Crippen LogP) is 1.07. The lowest BCUT2D eigenvalue weighted by Gasteiger charge is -2.22. The molecule has 26 heavy (non-hydrogen) atoms. The van der Waals surface area contributed by atoms with Crippen molar-refractivity contribution in [3.63, 3.8) is 0 Å². The van der Waals surface area contributed by atoms with Crippen molar-refractivity contribution in [3.05, 3.63) is 42.2 Å². The number of benzene rings is 1. The molecule has 0 bridgehead atoms. The molecule has 2 aromatic rings. The fraction of sp³-hybridized carbons (Fsp3) is 0.471. The van der Waals surface area contributed by atoms with Crippen molar-refractivity contribution in [2.45, 2.75) is 25.0 Å². The number of aliphatic hydroxyl groups is 1. The number of nitrogens with zero attached hydrogens (tertiary/aromatic N) is 3. The van der Waals surface area contributed by atoms with E-state index < -0.39 is 10.0 Å². The lowest BCUT2D eigenvalue weighted by Crippen LogP contribution is -2.31. The molecular weight excluding hydrogens is 356 g/mol. The van der Waals surface area contributed by atoms with Crippen LogP contribution in [0.15, 0.2) is 36.7 Å². The molecule has 9 heteroatoms. The van der Waals surface area contributed by atoms with Crippen molar-refractivity contribution in [3.8, 4) is 5.75 Å². The van der Waals surface area contributed by atoms with E-state index in [1.165, 1.54) is 6.20 Å². The van der Waals surface area contributed by atoms with Crippen LogP contribution in [0.5, 0.6) is 5.75 Å². The molecule has 2 N–H and O–H groups in total. The van der Waals surface area contributed by atoms with Gasteiger partial charge in [0.1, 0.15) is 5.75 Å². The van der Waals surface area contributed by atoms with E-state index in [0.717, 1.165) is 37.1 Å². The Morgan fingerprint density at radius 2 is 2.08 bits per heavy atom. The van der Waals surface area contributed by atoms with E-state index in [0.29, 0.717) is 5.69 Å². The summed E-state index contributed by atoms with van der Waals surface area (Å²) in [4.78, 5) is 2.22. The van der Waals surface area contributed by atoms with Gasteiger partial charge in [0.2, 0.25) is 10.0 Å². The van der Waals surface area contributed by atoms with Gasteiger partial charge < -0.3 is 9.84 Å². The number of rotatable bonds is 7. The summed E-state index contributed by atoms with van der Waals surface area (Å²) in [5.41, 5.74) is 1.59. The molecule has 2 heterocycles. The quantitative estimate of drug-likeness (QED) is 0.746. The third-order valence-electron chi connectivity index (χ3n) is 4.54. The van der Waals surface area contributed by atoms with E-state index in [1.807, 2.05) is 24.3 Å². The maximum absolute atomic E-state index is 11.3. The number of methoxy groups -OCH3 is 1. The summed E-state index contributed by atoms with van der Waals surface area (Å²) in [6.45, 7) is 1.53. The summed E-state index contributed by atoms with van der Waals surface area (Å²) in [6.07, 6.45) is 5.06. The first-order chi connectivity index (χ1) is 12.4. The molecule has 1 aromatic heterocycles. The van der Waals surface area contributed by atoms with Crippen molar-refractivity contribution < 1.29 is 18.3 Å². The van der Waals surface area contributed by atoms with Gasteiger partial charge in [-0.3, -0.25) is 14.3 Å². The average molecular weight is 380 g/mol. The molecule has 1 aliphatic heterocycles. The lowest BCUT2D eigenvalue weighted by atomic mass is 10.1. The largest absolute Gasteiger partial charge is 0.497 e. The summed E-state index contributed by atoms with van der Waals surface area (Å²) in [7, 11) is -1.69. The van der Waals surface area contributed by atoms with Crippen molar-refractivity contribution in [1.29, 1.82) is 0 Å². The van der Waals surface area contributed by atoms with Gasteiger partial charge in [0, 0.05) is 25.3 Å². The highest BCUT2D eigenvalue weighted by atomic mass is 32.2. The van der Waals surface area contributed by atoms with Crippen molar-refractivity contribution >= 4 is 15.7 Å². The third kappa shape index (κ3) is 4.54. The predicted molar refractivity (Wildman–Crippen MR) is 98.6 cm³/mol. The third-order valence-corrected chi connectivity index (χ3v) is 5.15. The molecule has 2 atom stereocenters. The number of aliphatic hydroxyl groups excluding tert-OH is 1. The minimum absolute atomic E-state index is 0.0395. The van der Waals surface area contributed by atoms with E-state index >= 15 is 0 Å². The number of likely N-dealkylation sites (tertiary alicyclic amines) is 1. The second kappa shape index (κ2) is 7.65. The Bertz CT molecular complexity index is 835. The van der Waals surface area contributed by atoms with Crippen LogP contribution in [0, 0.1) is 0 Å². The van der Waals surface area contributed by atoms with Gasteiger partial charge in [-0.2, -0.15) is 5.10 Å². The SMILES string of the molecule is COc1ccc(CN2C[C@@H](n3cc(NS(C)(=O)=O)cn3)C[C@H]2CO)cc1. The Kier molecular flexibility index (Phi) is 5.49. The van der Waals surface area contributed by atoms with Gasteiger partial charge in [-0.15, -0.1) is 0 Å². The topological polar surface area (TPSA) is 96.7 Å². The minimum Gasteiger partial charge on any atom is -0.497 e. The lowest BCUT2D eigenvalue weighted by molar-refractivity contribution is 0.153. The molecule has 0 spiro atoms. The number of aromatic nitrogens is 2. The van der Waals surface area contributed by atoms with Crippen molar-refractivity contribution in [2.24, 2.45) is 0 Å². The van der Waals surface area contributed by atoms with E-state index in [2.05, 4.69) is 14.7 Å². The van der Waals surface area contributed by atoms with Crippen molar-refractivity contribution in [2.75, 3.05) is 31.2 Å². The van der Waals surface area contributed by atoms with Gasteiger partial charge in [0.05, 0.1) is 37.9 Å². The summed E-state index contributed by atoms with van der Waals surface area (Å²) in [5, 5.41) is 14.0. The van der Waals surface area contributed by atoms with Crippen LogP contribution in [0.3, 0.4) is 0 Å². The van der Waals surface area contributed by atoms with Crippen LogP contribution in [-0.4, -0.2) is 60.8 Å². The molecule has 0 aliphatic carbocycles. The first kappa shape index (κ1) is 18.7. The van der Waals surface area contributed by atoms with Crippen LogP contribution in [0.1, 0.15) is 18.0 Å². The molecule has 8 nitrogen and oxygen atoms in total. The maximum Gasteiger partial charge on any atom is 0.229 e. The summed E-state index contributed by atoms with van der Waals surface area (Å²) >= 11 is 0. The fourth-order valence-electron chi connectivity index (χ4n) is 3.30. The zero-order valence-corrected chi connectivity index (χ0v) is 15.7. The Labute approximate surface area is 153 Å². The second-order valence-corrected chi connectivity index (χ2v) is 8.34. The molecule has 1 fully saturated rings. The van der Waals surface area contributed by atoms with Crippen LogP contribution in [-0.2, 0) is 16.6 Å². The molecule has 0 radical (unpaired) electrons. The zero-order valence-electron chi connectivity index (χ0n) is 14.9. The van der Waals surface area contributed by atoms with E-state index in [4.69, 9.17) is 4.74 Å². The van der Waals surface area contributed by atoms with Gasteiger partial charge in [0.25, 0.3) is 0 Å². The van der Waals surface area contributed by atoms with Gasteiger partial charge in [0.15, 0.2) is 0 Å². The molecule has 0 amide bonds. The number of hydrogen-bond donors (Lipinski definition) is 2. The van der Waals surface area contributed by atoms with Crippen LogP contribution < -0.4 is 9.46 Å². The van der Waals surface area contributed by atoms with E-state index in [9.17, 15) is 13.5 Å². The summed E-state index contributed by atoms with van der Waals surface area (Å²) in [5.74, 6) is 0.814. The number of nitrogens with one attached hydrogen (secondary N) is 1. The number of ether oxygens (including phenoxy) is 1. The number of hydrogen-bond acceptors (Lipinski definition) is 6. The zero-order chi connectivity index (χ0) is 18.7. The second-order valence-electron chi connectivity index (χ2n) is 6.59. The standard InChI is InChI=1S/C17H24N4O4S/c1-25-17-5-3-13(4-6-17)9-20-11-15(7-16(20)12-22)21-10-14(8-18-21)19-26(2,23)24/h3-6,8,10,15-16,19,22H,7,9,11-12H2,1-2H3/t15-,16-/m0/s1. The maximum atomic E-state index is 11.3.